The number of hydrogen-bond donors (Lipinski definition) is 1. The zero-order chi connectivity index (χ0) is 18.2. The predicted molar refractivity (Wildman–Crippen MR) is 110 cm³/mol. The molecule has 0 aliphatic rings. The molecule has 2 aromatic carbocycles. The van der Waals surface area contributed by atoms with Gasteiger partial charge in [0, 0.05) is 28.5 Å². The molecule has 0 radical (unpaired) electrons. The minimum absolute atomic E-state index is 0. The maximum absolute atomic E-state index is 12.9. The first-order valence-electron chi connectivity index (χ1n) is 8.63. The summed E-state index contributed by atoms with van der Waals surface area (Å²) in [6.45, 7) is 0. The van der Waals surface area contributed by atoms with E-state index in [0.717, 1.165) is 33.5 Å². The van der Waals surface area contributed by atoms with Crippen LogP contribution < -0.4 is 0 Å². The summed E-state index contributed by atoms with van der Waals surface area (Å²) in [6, 6.07) is 21.8. The van der Waals surface area contributed by atoms with E-state index in [1.807, 2.05) is 71.4 Å². The van der Waals surface area contributed by atoms with Crippen LogP contribution in [0.3, 0.4) is 0 Å². The van der Waals surface area contributed by atoms with Crippen LogP contribution in [0.5, 0.6) is 0 Å². The molecule has 3 heterocycles. The molecule has 28 heavy (non-hydrogen) atoms. The molecule has 7 heteroatoms. The van der Waals surface area contributed by atoms with E-state index >= 15 is 0 Å². The number of aromatic amines is 1. The van der Waals surface area contributed by atoms with Crippen molar-refractivity contribution in [1.29, 1.82) is 0 Å². The summed E-state index contributed by atoms with van der Waals surface area (Å²) in [7, 11) is 0. The summed E-state index contributed by atoms with van der Waals surface area (Å²) < 4.78 is 14.9. The van der Waals surface area contributed by atoms with Crippen LogP contribution in [0.4, 0.5) is 0 Å². The molecular weight excluding hydrogens is 372 g/mol. The van der Waals surface area contributed by atoms with Gasteiger partial charge in [-0.15, -0.1) is 0 Å². The second-order valence-corrected chi connectivity index (χ2v) is 7.65. The van der Waals surface area contributed by atoms with E-state index in [-0.39, 0.29) is 5.48 Å². The van der Waals surface area contributed by atoms with E-state index in [4.69, 9.17) is 0 Å². The minimum atomic E-state index is -1.28. The van der Waals surface area contributed by atoms with E-state index in [0.29, 0.717) is 10.9 Å². The Balaban J connectivity index is 0.00000192. The van der Waals surface area contributed by atoms with Crippen LogP contribution >= 0.6 is 0 Å². The molecule has 1 unspecified atom stereocenters. The van der Waals surface area contributed by atoms with Crippen LogP contribution in [0.1, 0.15) is 5.56 Å². The lowest BCUT2D eigenvalue weighted by atomic mass is 10.2. The van der Waals surface area contributed by atoms with Crippen molar-refractivity contribution < 1.29 is 10.0 Å². The quantitative estimate of drug-likeness (QED) is 0.476. The van der Waals surface area contributed by atoms with Crippen molar-refractivity contribution in [2.24, 2.45) is 0 Å². The highest BCUT2D eigenvalue weighted by Crippen LogP contribution is 2.24. The molecule has 0 fully saturated rings. The summed E-state index contributed by atoms with van der Waals surface area (Å²) in [4.78, 5) is 12.2. The number of aromatic nitrogens is 4. The summed E-state index contributed by atoms with van der Waals surface area (Å²) in [5.74, 6) is 0.357. The maximum Gasteiger partial charge on any atom is 0.321 e. The number of nitrogens with one attached hydrogen (secondary N) is 1. The third-order valence-corrected chi connectivity index (χ3v) is 5.75. The van der Waals surface area contributed by atoms with E-state index in [1.54, 1.807) is 0 Å². The molecule has 0 amide bonds. The van der Waals surface area contributed by atoms with Crippen LogP contribution in [0.2, 0.25) is 0 Å². The lowest BCUT2D eigenvalue weighted by molar-refractivity contribution is 0.587. The lowest BCUT2D eigenvalue weighted by Crippen LogP contribution is -2.08. The first kappa shape index (κ1) is 18.2. The third-order valence-electron chi connectivity index (χ3n) is 4.56. The Labute approximate surface area is 164 Å². The van der Waals surface area contributed by atoms with Crippen LogP contribution in [0.25, 0.3) is 27.9 Å². The highest BCUT2D eigenvalue weighted by atomic mass is 32.2. The van der Waals surface area contributed by atoms with Gasteiger partial charge in [0.2, 0.25) is 0 Å². The second-order valence-electron chi connectivity index (χ2n) is 6.29. The van der Waals surface area contributed by atoms with Crippen molar-refractivity contribution in [3.63, 3.8) is 0 Å². The van der Waals surface area contributed by atoms with Gasteiger partial charge in [0.1, 0.15) is 11.4 Å². The zero-order valence-corrected chi connectivity index (χ0v) is 15.7. The van der Waals surface area contributed by atoms with Gasteiger partial charge in [-0.2, -0.15) is 4.98 Å². The molecule has 0 aliphatic heterocycles. The topological polar surface area (TPSA) is 101 Å². The second kappa shape index (κ2) is 7.47. The van der Waals surface area contributed by atoms with Crippen LogP contribution in [-0.4, -0.2) is 29.4 Å². The number of nitrogens with zero attached hydrogens (tertiary/aromatic N) is 3. The van der Waals surface area contributed by atoms with Crippen molar-refractivity contribution in [2.75, 3.05) is 0 Å². The van der Waals surface area contributed by atoms with Crippen LogP contribution in [0.15, 0.2) is 84.3 Å². The van der Waals surface area contributed by atoms with Crippen molar-refractivity contribution in [1.82, 2.24) is 19.4 Å². The van der Waals surface area contributed by atoms with Crippen molar-refractivity contribution in [3.8, 4) is 11.3 Å². The van der Waals surface area contributed by atoms with Gasteiger partial charge < -0.3 is 10.0 Å². The van der Waals surface area contributed by atoms with Gasteiger partial charge in [-0.3, -0.25) is 9.38 Å². The third kappa shape index (κ3) is 3.16. The molecule has 0 saturated heterocycles. The van der Waals surface area contributed by atoms with Crippen molar-refractivity contribution >= 4 is 27.9 Å². The highest BCUT2D eigenvalue weighted by molar-refractivity contribution is 7.90. The van der Waals surface area contributed by atoms with Gasteiger partial charge in [0.05, 0.1) is 22.9 Å². The fourth-order valence-corrected chi connectivity index (χ4v) is 4.32. The SMILES string of the molecule is O.[O-][S+](Cc1cccn2c(-c3ccccc3)cnc12)c1nc2ccccc2[nH]1. The molecule has 0 spiro atoms. The van der Waals surface area contributed by atoms with E-state index in [1.165, 1.54) is 0 Å². The van der Waals surface area contributed by atoms with Gasteiger partial charge in [-0.25, -0.2) is 4.98 Å². The number of hydrogen-bond acceptors (Lipinski definition) is 3. The van der Waals surface area contributed by atoms with Gasteiger partial charge in [0.15, 0.2) is 0 Å². The van der Waals surface area contributed by atoms with E-state index in [2.05, 4.69) is 27.1 Å². The number of H-pyrrole nitrogens is 1. The summed E-state index contributed by atoms with van der Waals surface area (Å²) in [5, 5.41) is 0.494. The molecule has 5 rings (SSSR count). The van der Waals surface area contributed by atoms with Gasteiger partial charge in [0.25, 0.3) is 0 Å². The Morgan fingerprint density at radius 3 is 2.57 bits per heavy atom. The maximum atomic E-state index is 12.9. The molecule has 140 valence electrons. The number of fused-ring (bicyclic) bond motifs is 2. The number of rotatable bonds is 4. The van der Waals surface area contributed by atoms with Gasteiger partial charge in [-0.05, 0) is 24.3 Å². The minimum Gasteiger partial charge on any atom is -0.609 e. The largest absolute Gasteiger partial charge is 0.609 e. The van der Waals surface area contributed by atoms with Crippen molar-refractivity contribution in [3.05, 3.63) is 84.7 Å². The first-order chi connectivity index (χ1) is 13.3. The number of para-hydroxylation sites is 2. The Morgan fingerprint density at radius 2 is 1.75 bits per heavy atom. The van der Waals surface area contributed by atoms with Gasteiger partial charge in [-0.1, -0.05) is 42.5 Å². The first-order valence-corrected chi connectivity index (χ1v) is 9.95. The molecule has 0 aliphatic carbocycles. The molecule has 1 atom stereocenters. The van der Waals surface area contributed by atoms with Crippen LogP contribution in [0, 0.1) is 0 Å². The molecule has 6 nitrogen and oxygen atoms in total. The number of imidazole rings is 2. The van der Waals surface area contributed by atoms with Crippen molar-refractivity contribution in [2.45, 2.75) is 10.9 Å². The molecular formula is C21H18N4O2S. The summed E-state index contributed by atoms with van der Waals surface area (Å²) >= 11 is -1.28. The summed E-state index contributed by atoms with van der Waals surface area (Å²) in [6.07, 6.45) is 3.84. The predicted octanol–water partition coefficient (Wildman–Crippen LogP) is 3.36. The molecule has 5 aromatic rings. The lowest BCUT2D eigenvalue weighted by Gasteiger charge is -2.09. The smallest absolute Gasteiger partial charge is 0.321 e. The van der Waals surface area contributed by atoms with E-state index in [9.17, 15) is 4.55 Å². The average Bonchev–Trinajstić information content (AvgIpc) is 3.33. The average molecular weight is 390 g/mol. The molecule has 0 saturated carbocycles. The fraction of sp³-hybridized carbons (Fsp3) is 0.0476. The normalized spacial score (nSPS) is 12.2. The van der Waals surface area contributed by atoms with E-state index < -0.39 is 11.2 Å². The molecule has 3 aromatic heterocycles. The Bertz CT molecular complexity index is 1200. The number of benzene rings is 2. The van der Waals surface area contributed by atoms with Crippen LogP contribution in [-0.2, 0) is 16.9 Å². The summed E-state index contributed by atoms with van der Waals surface area (Å²) in [5.41, 5.74) is 5.58. The Kier molecular flexibility index (Phi) is 4.87. The van der Waals surface area contributed by atoms with Gasteiger partial charge >= 0.3 is 5.16 Å². The monoisotopic (exact) mass is 390 g/mol. The fourth-order valence-electron chi connectivity index (χ4n) is 3.25. The molecule has 3 N–H and O–H groups in total. The highest BCUT2D eigenvalue weighted by Gasteiger charge is 2.20. The Hall–Kier alpha value is -3.13. The Morgan fingerprint density at radius 1 is 0.964 bits per heavy atom. The molecule has 0 bridgehead atoms. The zero-order valence-electron chi connectivity index (χ0n) is 14.9. The standard InChI is InChI=1S/C21H16N4OS.H2O/c26-27(21-23-17-10-4-5-11-18(17)24-21)14-16-9-6-12-25-19(13-22-20(16)25)15-7-2-1-3-8-15;/h1-13H,14H2,(H,23,24);1H2. The number of pyridine rings is 1.